The van der Waals surface area contributed by atoms with Crippen LogP contribution in [0.3, 0.4) is 0 Å². The molecule has 0 aliphatic carbocycles. The molecule has 0 amide bonds. The summed E-state index contributed by atoms with van der Waals surface area (Å²) in [4.78, 5) is 0. The fourth-order valence-corrected chi connectivity index (χ4v) is 2.62. The zero-order valence-electron chi connectivity index (χ0n) is 10.1. The highest BCUT2D eigenvalue weighted by Crippen LogP contribution is 2.25. The summed E-state index contributed by atoms with van der Waals surface area (Å²) in [6.07, 6.45) is 0.379. The van der Waals surface area contributed by atoms with E-state index >= 15 is 0 Å². The van der Waals surface area contributed by atoms with Gasteiger partial charge >= 0.3 is 0 Å². The van der Waals surface area contributed by atoms with Gasteiger partial charge in [-0.3, -0.25) is 0 Å². The van der Waals surface area contributed by atoms with Gasteiger partial charge in [0.15, 0.2) is 0 Å². The van der Waals surface area contributed by atoms with Crippen LogP contribution < -0.4 is 0 Å². The van der Waals surface area contributed by atoms with Gasteiger partial charge in [-0.2, -0.15) is 11.8 Å². The van der Waals surface area contributed by atoms with E-state index in [1.807, 2.05) is 19.9 Å². The van der Waals surface area contributed by atoms with Crippen molar-refractivity contribution in [1.29, 1.82) is 0 Å². The van der Waals surface area contributed by atoms with E-state index in [1.54, 1.807) is 11.8 Å². The van der Waals surface area contributed by atoms with Crippen molar-refractivity contribution in [1.82, 2.24) is 0 Å². The summed E-state index contributed by atoms with van der Waals surface area (Å²) in [6, 6.07) is 3.39. The topological polar surface area (TPSA) is 20.2 Å². The maximum atomic E-state index is 13.7. The Morgan fingerprint density at radius 2 is 2.06 bits per heavy atom. The lowest BCUT2D eigenvalue weighted by Gasteiger charge is -2.15. The normalized spacial score (nSPS) is 12.8. The van der Waals surface area contributed by atoms with Crippen LogP contribution in [0.5, 0.6) is 0 Å². The first-order chi connectivity index (χ1) is 7.56. The molecule has 0 aliphatic heterocycles. The summed E-state index contributed by atoms with van der Waals surface area (Å²) in [5.41, 5.74) is 2.18. The second kappa shape index (κ2) is 6.26. The Balaban J connectivity index is 2.78. The standard InChI is InChI=1S/C13H19FOS/c1-4-5-16-8-12(15)13-10(3)6-9(2)7-11(13)14/h6-7,12,15H,4-5,8H2,1-3H3. The maximum Gasteiger partial charge on any atom is 0.129 e. The molecule has 90 valence electrons. The van der Waals surface area contributed by atoms with Crippen LogP contribution in [-0.4, -0.2) is 16.6 Å². The summed E-state index contributed by atoms with van der Waals surface area (Å²) >= 11 is 1.66. The van der Waals surface area contributed by atoms with Crippen LogP contribution in [0, 0.1) is 19.7 Å². The second-order valence-electron chi connectivity index (χ2n) is 4.07. The predicted molar refractivity (Wildman–Crippen MR) is 68.4 cm³/mol. The Labute approximate surface area is 101 Å². The molecule has 1 N–H and O–H groups in total. The number of thioether (sulfide) groups is 1. The molecule has 0 bridgehead atoms. The van der Waals surface area contributed by atoms with Gasteiger partial charge in [0.05, 0.1) is 6.10 Å². The maximum absolute atomic E-state index is 13.7. The molecule has 1 unspecified atom stereocenters. The van der Waals surface area contributed by atoms with Crippen LogP contribution in [-0.2, 0) is 0 Å². The minimum absolute atomic E-state index is 0.290. The molecule has 16 heavy (non-hydrogen) atoms. The smallest absolute Gasteiger partial charge is 0.129 e. The van der Waals surface area contributed by atoms with Crippen molar-refractivity contribution in [2.24, 2.45) is 0 Å². The predicted octanol–water partition coefficient (Wildman–Crippen LogP) is 3.62. The highest BCUT2D eigenvalue weighted by atomic mass is 32.2. The van der Waals surface area contributed by atoms with Crippen molar-refractivity contribution in [3.05, 3.63) is 34.6 Å². The molecule has 0 spiro atoms. The minimum Gasteiger partial charge on any atom is -0.387 e. The van der Waals surface area contributed by atoms with E-state index in [0.29, 0.717) is 11.3 Å². The Morgan fingerprint density at radius 1 is 1.38 bits per heavy atom. The lowest BCUT2D eigenvalue weighted by atomic mass is 10.0. The molecule has 1 aromatic rings. The lowest BCUT2D eigenvalue weighted by Crippen LogP contribution is -2.07. The molecule has 3 heteroatoms. The summed E-state index contributed by atoms with van der Waals surface area (Å²) in [5, 5.41) is 9.94. The molecule has 1 nitrogen and oxygen atoms in total. The monoisotopic (exact) mass is 242 g/mol. The van der Waals surface area contributed by atoms with Gasteiger partial charge in [-0.05, 0) is 43.2 Å². The molecule has 0 heterocycles. The lowest BCUT2D eigenvalue weighted by molar-refractivity contribution is 0.198. The van der Waals surface area contributed by atoms with Crippen molar-refractivity contribution in [3.8, 4) is 0 Å². The number of aryl methyl sites for hydroxylation is 2. The molecule has 0 saturated heterocycles. The molecule has 0 fully saturated rings. The van der Waals surface area contributed by atoms with Gasteiger partial charge in [-0.25, -0.2) is 4.39 Å². The van der Waals surface area contributed by atoms with Crippen LogP contribution >= 0.6 is 11.8 Å². The number of aliphatic hydroxyl groups is 1. The molecule has 0 aromatic heterocycles. The number of benzene rings is 1. The van der Waals surface area contributed by atoms with Crippen molar-refractivity contribution in [3.63, 3.8) is 0 Å². The van der Waals surface area contributed by atoms with Gasteiger partial charge in [0.25, 0.3) is 0 Å². The summed E-state index contributed by atoms with van der Waals surface area (Å²) in [5.74, 6) is 1.28. The molecule has 1 rings (SSSR count). The Kier molecular flexibility index (Phi) is 5.29. The molecule has 1 atom stereocenters. The third-order valence-corrected chi connectivity index (χ3v) is 3.69. The van der Waals surface area contributed by atoms with E-state index in [4.69, 9.17) is 0 Å². The van der Waals surface area contributed by atoms with Gasteiger partial charge in [-0.15, -0.1) is 0 Å². The highest BCUT2D eigenvalue weighted by Gasteiger charge is 2.15. The molecule has 1 aromatic carbocycles. The Hall–Kier alpha value is -0.540. The number of hydrogen-bond acceptors (Lipinski definition) is 2. The second-order valence-corrected chi connectivity index (χ2v) is 5.22. The fourth-order valence-electron chi connectivity index (χ4n) is 1.77. The van der Waals surface area contributed by atoms with E-state index in [1.165, 1.54) is 6.07 Å². The number of hydrogen-bond donors (Lipinski definition) is 1. The van der Waals surface area contributed by atoms with Crippen LogP contribution in [0.4, 0.5) is 4.39 Å². The van der Waals surface area contributed by atoms with Crippen molar-refractivity contribution in [2.75, 3.05) is 11.5 Å². The summed E-state index contributed by atoms with van der Waals surface area (Å²) in [7, 11) is 0. The largest absolute Gasteiger partial charge is 0.387 e. The number of halogens is 1. The molecule has 0 aliphatic rings. The first kappa shape index (κ1) is 13.5. The van der Waals surface area contributed by atoms with Gasteiger partial charge in [0, 0.05) is 11.3 Å². The van der Waals surface area contributed by atoms with Gasteiger partial charge in [0.1, 0.15) is 5.82 Å². The average Bonchev–Trinajstić information content (AvgIpc) is 2.16. The SMILES string of the molecule is CCCSCC(O)c1c(C)cc(C)cc1F. The van der Waals surface area contributed by atoms with Crippen LogP contribution in [0.1, 0.15) is 36.1 Å². The van der Waals surface area contributed by atoms with E-state index < -0.39 is 6.10 Å². The van der Waals surface area contributed by atoms with Gasteiger partial charge in [0.2, 0.25) is 0 Å². The molecule has 0 radical (unpaired) electrons. The number of rotatable bonds is 5. The third kappa shape index (κ3) is 3.49. The Bertz CT molecular complexity index is 329. The van der Waals surface area contributed by atoms with Crippen LogP contribution in [0.2, 0.25) is 0 Å². The molecule has 0 saturated carbocycles. The summed E-state index contributed by atoms with van der Waals surface area (Å²) < 4.78 is 13.7. The number of aliphatic hydroxyl groups excluding tert-OH is 1. The van der Waals surface area contributed by atoms with Gasteiger partial charge < -0.3 is 5.11 Å². The zero-order chi connectivity index (χ0) is 12.1. The van der Waals surface area contributed by atoms with Gasteiger partial charge in [-0.1, -0.05) is 13.0 Å². The fraction of sp³-hybridized carbons (Fsp3) is 0.538. The highest BCUT2D eigenvalue weighted by molar-refractivity contribution is 7.99. The van der Waals surface area contributed by atoms with Crippen LogP contribution in [0.15, 0.2) is 12.1 Å². The minimum atomic E-state index is -0.697. The first-order valence-electron chi connectivity index (χ1n) is 5.58. The van der Waals surface area contributed by atoms with Crippen LogP contribution in [0.25, 0.3) is 0 Å². The molecular weight excluding hydrogens is 223 g/mol. The Morgan fingerprint density at radius 3 is 2.62 bits per heavy atom. The zero-order valence-corrected chi connectivity index (χ0v) is 10.9. The van der Waals surface area contributed by atoms with Crippen molar-refractivity contribution < 1.29 is 9.50 Å². The summed E-state index contributed by atoms with van der Waals surface area (Å²) in [6.45, 7) is 5.80. The average molecular weight is 242 g/mol. The van der Waals surface area contributed by atoms with E-state index in [2.05, 4.69) is 6.92 Å². The van der Waals surface area contributed by atoms with E-state index in [0.717, 1.165) is 23.3 Å². The van der Waals surface area contributed by atoms with Crippen molar-refractivity contribution in [2.45, 2.75) is 33.3 Å². The third-order valence-electron chi connectivity index (χ3n) is 2.44. The first-order valence-corrected chi connectivity index (χ1v) is 6.74. The molecular formula is C13H19FOS. The van der Waals surface area contributed by atoms with E-state index in [9.17, 15) is 9.50 Å². The van der Waals surface area contributed by atoms with E-state index in [-0.39, 0.29) is 5.82 Å². The van der Waals surface area contributed by atoms with Crippen molar-refractivity contribution >= 4 is 11.8 Å². The quantitative estimate of drug-likeness (QED) is 0.796.